The molecule has 0 radical (unpaired) electrons. The highest BCUT2D eigenvalue weighted by molar-refractivity contribution is 7.99. The third-order valence-corrected chi connectivity index (χ3v) is 3.06. The van der Waals surface area contributed by atoms with Crippen molar-refractivity contribution in [1.29, 1.82) is 0 Å². The molecule has 1 amide bonds. The number of rotatable bonds is 4. The maximum absolute atomic E-state index is 12.2. The topological polar surface area (TPSA) is 94.8 Å². The molecule has 6 nitrogen and oxygen atoms in total. The van der Waals surface area contributed by atoms with E-state index in [0.29, 0.717) is 22.3 Å². The smallest absolute Gasteiger partial charge is 0.321 e. The largest absolute Gasteiger partial charge is 0.326 e. The summed E-state index contributed by atoms with van der Waals surface area (Å²) < 4.78 is 24.3. The van der Waals surface area contributed by atoms with Gasteiger partial charge >= 0.3 is 5.69 Å². The van der Waals surface area contributed by atoms with Gasteiger partial charge in [0.2, 0.25) is 0 Å². The average molecular weight is 313 g/mol. The number of benzene rings is 1. The normalized spacial score (nSPS) is 10.6. The van der Waals surface area contributed by atoms with Crippen LogP contribution in [0, 0.1) is 0 Å². The van der Waals surface area contributed by atoms with Crippen LogP contribution >= 0.6 is 11.8 Å². The lowest BCUT2D eigenvalue weighted by Crippen LogP contribution is -2.27. The lowest BCUT2D eigenvalue weighted by molar-refractivity contribution is 0.102. The highest BCUT2D eigenvalue weighted by Gasteiger charge is 2.09. The predicted molar refractivity (Wildman–Crippen MR) is 73.9 cm³/mol. The molecule has 0 aliphatic carbocycles. The van der Waals surface area contributed by atoms with Gasteiger partial charge in [-0.2, -0.15) is 8.78 Å². The van der Waals surface area contributed by atoms with Gasteiger partial charge in [0.15, 0.2) is 0 Å². The van der Waals surface area contributed by atoms with E-state index >= 15 is 0 Å². The zero-order chi connectivity index (χ0) is 15.4. The zero-order valence-electron chi connectivity index (χ0n) is 10.4. The number of carbonyl (C=O) groups excluding carboxylic acids is 1. The van der Waals surface area contributed by atoms with Crippen LogP contribution in [-0.2, 0) is 0 Å². The molecule has 110 valence electrons. The van der Waals surface area contributed by atoms with Gasteiger partial charge in [-0.15, -0.1) is 0 Å². The van der Waals surface area contributed by atoms with Gasteiger partial charge in [0, 0.05) is 16.6 Å². The second kappa shape index (κ2) is 6.35. The second-order valence-corrected chi connectivity index (χ2v) is 4.92. The molecule has 2 aromatic rings. The molecule has 21 heavy (non-hydrogen) atoms. The predicted octanol–water partition coefficient (Wildman–Crippen LogP) is 1.63. The van der Waals surface area contributed by atoms with Crippen molar-refractivity contribution in [2.75, 3.05) is 5.32 Å². The second-order valence-electron chi connectivity index (χ2n) is 3.86. The minimum Gasteiger partial charge on any atom is -0.321 e. The third kappa shape index (κ3) is 4.28. The number of H-pyrrole nitrogens is 2. The first-order chi connectivity index (χ1) is 9.94. The molecule has 1 heterocycles. The Hall–Kier alpha value is -2.42. The van der Waals surface area contributed by atoms with Crippen molar-refractivity contribution in [2.45, 2.75) is 10.7 Å². The minimum atomic E-state index is -2.52. The summed E-state index contributed by atoms with van der Waals surface area (Å²) in [7, 11) is 0. The number of hydrogen-bond acceptors (Lipinski definition) is 4. The number of hydrogen-bond donors (Lipinski definition) is 3. The summed E-state index contributed by atoms with van der Waals surface area (Å²) in [5.74, 6) is -3.21. The number of alkyl halides is 2. The van der Waals surface area contributed by atoms with Crippen LogP contribution in [0.5, 0.6) is 0 Å². The Morgan fingerprint density at radius 2 is 1.81 bits per heavy atom. The summed E-state index contributed by atoms with van der Waals surface area (Å²) in [6, 6.07) is 6.67. The molecular formula is C12H9F2N3O3S. The number of thioether (sulfide) groups is 1. The summed E-state index contributed by atoms with van der Waals surface area (Å²) >= 11 is 0.387. The van der Waals surface area contributed by atoms with Crippen LogP contribution < -0.4 is 16.6 Å². The van der Waals surface area contributed by atoms with Crippen molar-refractivity contribution in [3.05, 3.63) is 56.9 Å². The van der Waals surface area contributed by atoms with Gasteiger partial charge in [-0.3, -0.25) is 14.6 Å². The molecule has 0 aliphatic heterocycles. The first-order valence-corrected chi connectivity index (χ1v) is 6.52. The van der Waals surface area contributed by atoms with E-state index in [1.807, 2.05) is 4.98 Å². The Morgan fingerprint density at radius 3 is 2.38 bits per heavy atom. The van der Waals surface area contributed by atoms with E-state index in [0.717, 1.165) is 6.07 Å². The van der Waals surface area contributed by atoms with E-state index in [2.05, 4.69) is 10.3 Å². The summed E-state index contributed by atoms with van der Waals surface area (Å²) in [6.45, 7) is 0. The van der Waals surface area contributed by atoms with E-state index in [9.17, 15) is 23.2 Å². The fourth-order valence-corrected chi connectivity index (χ4v) is 2.01. The fourth-order valence-electron chi connectivity index (χ4n) is 1.51. The van der Waals surface area contributed by atoms with Crippen molar-refractivity contribution in [1.82, 2.24) is 9.97 Å². The molecule has 0 aliphatic rings. The molecule has 1 aromatic carbocycles. The summed E-state index contributed by atoms with van der Waals surface area (Å²) in [4.78, 5) is 38.4. The van der Waals surface area contributed by atoms with Crippen LogP contribution in [0.1, 0.15) is 10.5 Å². The lowest BCUT2D eigenvalue weighted by Gasteiger charge is -2.06. The van der Waals surface area contributed by atoms with Gasteiger partial charge in [0.05, 0.1) is 0 Å². The minimum absolute atomic E-state index is 0.199. The van der Waals surface area contributed by atoms with E-state index in [1.165, 1.54) is 24.3 Å². The summed E-state index contributed by atoms with van der Waals surface area (Å²) in [5, 5.41) is 2.43. The Balaban J connectivity index is 2.12. The van der Waals surface area contributed by atoms with Gasteiger partial charge in [0.25, 0.3) is 17.2 Å². The van der Waals surface area contributed by atoms with E-state index < -0.39 is 22.9 Å². The van der Waals surface area contributed by atoms with Gasteiger partial charge in [0.1, 0.15) is 5.69 Å². The van der Waals surface area contributed by atoms with Crippen molar-refractivity contribution in [2.24, 2.45) is 0 Å². The highest BCUT2D eigenvalue weighted by atomic mass is 32.2. The van der Waals surface area contributed by atoms with Crippen molar-refractivity contribution >= 4 is 23.4 Å². The molecule has 0 atom stereocenters. The average Bonchev–Trinajstić information content (AvgIpc) is 2.39. The van der Waals surface area contributed by atoms with Crippen LogP contribution in [0.3, 0.4) is 0 Å². The molecule has 0 unspecified atom stereocenters. The third-order valence-electron chi connectivity index (χ3n) is 2.34. The zero-order valence-corrected chi connectivity index (χ0v) is 11.2. The molecule has 2 rings (SSSR count). The molecule has 9 heteroatoms. The Bertz CT molecular complexity index is 727. The molecule has 0 spiro atoms. The monoisotopic (exact) mass is 313 g/mol. The van der Waals surface area contributed by atoms with Crippen molar-refractivity contribution in [3.8, 4) is 0 Å². The van der Waals surface area contributed by atoms with Crippen molar-refractivity contribution < 1.29 is 13.6 Å². The molecule has 0 saturated carbocycles. The van der Waals surface area contributed by atoms with Gasteiger partial charge in [-0.25, -0.2) is 4.79 Å². The SMILES string of the molecule is O=C(Nc1ccc(SC(F)F)cc1)c1cc(=O)[nH]c(=O)[nH]1. The molecule has 3 N–H and O–H groups in total. The number of amides is 1. The van der Waals surface area contributed by atoms with Crippen LogP contribution in [0.4, 0.5) is 14.5 Å². The standard InChI is InChI=1S/C12H9F2N3O3S/c13-11(14)21-7-3-1-6(2-4-7)15-10(19)8-5-9(18)17-12(20)16-8/h1-5,11H,(H,15,19)(H2,16,17,18,20). The van der Waals surface area contributed by atoms with Crippen LogP contribution in [0.15, 0.2) is 44.8 Å². The number of aromatic nitrogens is 2. The highest BCUT2D eigenvalue weighted by Crippen LogP contribution is 2.26. The van der Waals surface area contributed by atoms with Gasteiger partial charge < -0.3 is 10.3 Å². The molecular weight excluding hydrogens is 304 g/mol. The van der Waals surface area contributed by atoms with Gasteiger partial charge in [-0.1, -0.05) is 11.8 Å². The van der Waals surface area contributed by atoms with Gasteiger partial charge in [-0.05, 0) is 24.3 Å². The van der Waals surface area contributed by atoms with E-state index in [4.69, 9.17) is 0 Å². The Morgan fingerprint density at radius 1 is 1.14 bits per heavy atom. The Kier molecular flexibility index (Phi) is 4.53. The van der Waals surface area contributed by atoms with Crippen LogP contribution in [0.2, 0.25) is 0 Å². The fraction of sp³-hybridized carbons (Fsp3) is 0.0833. The quantitative estimate of drug-likeness (QED) is 0.748. The maximum atomic E-state index is 12.2. The lowest BCUT2D eigenvalue weighted by atomic mass is 10.3. The first kappa shape index (κ1) is 15.0. The molecule has 0 fully saturated rings. The number of carbonyl (C=O) groups is 1. The number of nitrogens with one attached hydrogen (secondary N) is 3. The van der Waals surface area contributed by atoms with E-state index in [1.54, 1.807) is 0 Å². The number of anilines is 1. The maximum Gasteiger partial charge on any atom is 0.326 e. The molecule has 0 bridgehead atoms. The Labute approximate surface area is 120 Å². The molecule has 1 aromatic heterocycles. The number of aromatic amines is 2. The van der Waals surface area contributed by atoms with Crippen LogP contribution in [0.25, 0.3) is 0 Å². The first-order valence-electron chi connectivity index (χ1n) is 5.64. The van der Waals surface area contributed by atoms with Crippen molar-refractivity contribution in [3.63, 3.8) is 0 Å². The summed E-state index contributed by atoms with van der Waals surface area (Å²) in [6.07, 6.45) is 0. The molecule has 0 saturated heterocycles. The summed E-state index contributed by atoms with van der Waals surface area (Å²) in [5.41, 5.74) is -1.35. The van der Waals surface area contributed by atoms with E-state index in [-0.39, 0.29) is 5.69 Å². The number of halogens is 2. The van der Waals surface area contributed by atoms with Crippen LogP contribution in [-0.4, -0.2) is 21.6 Å².